The molecule has 0 spiro atoms. The largest absolute Gasteiger partial charge is 0.469 e. The standard InChI is InChI=1S/C26H29N3O6/c1-4-11-18-19(25(32)34-2)22(26(33)35-3)29-24(31)20(27-23(30)17-14-9-6-10-15-17)21(28(18)29)16-12-7-5-8-13-16/h5-10,12-15,18-22H,4,11H2,1-3H3,(H,27,30)/t18-,19-,20+,21+,22+/m0/s1. The van der Waals surface area contributed by atoms with E-state index in [4.69, 9.17) is 9.47 Å². The van der Waals surface area contributed by atoms with Crippen LogP contribution in [-0.4, -0.2) is 66.1 Å². The number of nitrogens with zero attached hydrogens (tertiary/aromatic N) is 2. The van der Waals surface area contributed by atoms with Crippen LogP contribution in [0.5, 0.6) is 0 Å². The molecule has 0 saturated carbocycles. The Morgan fingerprint density at radius 3 is 2.09 bits per heavy atom. The van der Waals surface area contributed by atoms with E-state index in [1.807, 2.05) is 37.3 Å². The predicted octanol–water partition coefficient (Wildman–Crippen LogP) is 2.10. The summed E-state index contributed by atoms with van der Waals surface area (Å²) in [6.07, 6.45) is 1.23. The lowest BCUT2D eigenvalue weighted by atomic mass is 9.87. The lowest BCUT2D eigenvalue weighted by molar-refractivity contribution is -0.161. The number of hydrazine groups is 1. The SMILES string of the molecule is CCC[C@H]1[C@H](C(=O)OC)[C@H](C(=O)OC)N2C(=O)[C@H](NC(=O)c3ccccc3)[C@@H](c3ccccc3)N12. The van der Waals surface area contributed by atoms with E-state index >= 15 is 0 Å². The molecule has 2 fully saturated rings. The Morgan fingerprint density at radius 1 is 0.914 bits per heavy atom. The topological polar surface area (TPSA) is 105 Å². The summed E-state index contributed by atoms with van der Waals surface area (Å²) in [6, 6.07) is 14.6. The van der Waals surface area contributed by atoms with Gasteiger partial charge in [-0.1, -0.05) is 61.9 Å². The molecular formula is C26H29N3O6. The average molecular weight is 480 g/mol. The van der Waals surface area contributed by atoms with Crippen molar-refractivity contribution in [2.75, 3.05) is 14.2 Å². The second kappa shape index (κ2) is 10.3. The zero-order valence-corrected chi connectivity index (χ0v) is 19.9. The third-order valence-corrected chi connectivity index (χ3v) is 6.66. The number of amides is 2. The number of nitrogens with one attached hydrogen (secondary N) is 1. The predicted molar refractivity (Wildman–Crippen MR) is 126 cm³/mol. The monoisotopic (exact) mass is 479 g/mol. The molecule has 9 heteroatoms. The van der Waals surface area contributed by atoms with Crippen molar-refractivity contribution in [3.05, 3.63) is 71.8 Å². The first kappa shape index (κ1) is 24.4. The minimum absolute atomic E-state index is 0.404. The van der Waals surface area contributed by atoms with E-state index in [0.29, 0.717) is 18.4 Å². The molecule has 2 aliphatic heterocycles. The zero-order valence-electron chi connectivity index (χ0n) is 19.9. The summed E-state index contributed by atoms with van der Waals surface area (Å²) in [5.41, 5.74) is 1.19. The smallest absolute Gasteiger partial charge is 0.331 e. The van der Waals surface area contributed by atoms with Gasteiger partial charge >= 0.3 is 11.9 Å². The van der Waals surface area contributed by atoms with Crippen LogP contribution in [0.4, 0.5) is 0 Å². The molecule has 9 nitrogen and oxygen atoms in total. The molecule has 1 N–H and O–H groups in total. The van der Waals surface area contributed by atoms with Gasteiger partial charge in [0.05, 0.1) is 20.3 Å². The summed E-state index contributed by atoms with van der Waals surface area (Å²) in [5, 5.41) is 5.97. The lowest BCUT2D eigenvalue weighted by Crippen LogP contribution is -2.50. The fourth-order valence-corrected chi connectivity index (χ4v) is 5.20. The molecule has 0 aliphatic carbocycles. The molecule has 0 unspecified atom stereocenters. The molecule has 0 radical (unpaired) electrons. The molecule has 2 heterocycles. The highest BCUT2D eigenvalue weighted by molar-refractivity contribution is 6.00. The summed E-state index contributed by atoms with van der Waals surface area (Å²) in [6.45, 7) is 1.97. The number of methoxy groups -OCH3 is 2. The van der Waals surface area contributed by atoms with Crippen molar-refractivity contribution in [1.82, 2.24) is 15.3 Å². The van der Waals surface area contributed by atoms with Crippen molar-refractivity contribution in [2.24, 2.45) is 5.92 Å². The molecule has 35 heavy (non-hydrogen) atoms. The van der Waals surface area contributed by atoms with Crippen molar-refractivity contribution >= 4 is 23.8 Å². The Morgan fingerprint density at radius 2 is 1.51 bits per heavy atom. The highest BCUT2D eigenvalue weighted by Crippen LogP contribution is 2.47. The second-order valence-electron chi connectivity index (χ2n) is 8.61. The molecule has 0 bridgehead atoms. The van der Waals surface area contributed by atoms with Gasteiger partial charge in [0.1, 0.15) is 12.0 Å². The van der Waals surface area contributed by atoms with Crippen molar-refractivity contribution < 1.29 is 28.7 Å². The maximum Gasteiger partial charge on any atom is 0.331 e. The number of hydrogen-bond donors (Lipinski definition) is 1. The van der Waals surface area contributed by atoms with Gasteiger partial charge in [0.2, 0.25) is 0 Å². The molecule has 2 aromatic rings. The molecule has 2 amide bonds. The number of esters is 2. The summed E-state index contributed by atoms with van der Waals surface area (Å²) >= 11 is 0. The molecule has 4 rings (SSSR count). The minimum Gasteiger partial charge on any atom is -0.469 e. The van der Waals surface area contributed by atoms with Gasteiger partial charge in [-0.15, -0.1) is 0 Å². The Labute approximate surface area is 203 Å². The summed E-state index contributed by atoms with van der Waals surface area (Å²) in [5.74, 6) is -3.10. The fourth-order valence-electron chi connectivity index (χ4n) is 5.20. The molecule has 2 aliphatic rings. The Kier molecular flexibility index (Phi) is 7.16. The fraction of sp³-hybridized carbons (Fsp3) is 0.385. The van der Waals surface area contributed by atoms with Crippen LogP contribution >= 0.6 is 0 Å². The van der Waals surface area contributed by atoms with Crippen LogP contribution < -0.4 is 5.32 Å². The van der Waals surface area contributed by atoms with Crippen molar-refractivity contribution in [3.63, 3.8) is 0 Å². The first-order chi connectivity index (χ1) is 16.9. The third-order valence-electron chi connectivity index (χ3n) is 6.66. The normalized spacial score (nSPS) is 25.7. The number of fused-ring (bicyclic) bond motifs is 1. The van der Waals surface area contributed by atoms with Crippen LogP contribution in [0.25, 0.3) is 0 Å². The molecule has 184 valence electrons. The summed E-state index contributed by atoms with van der Waals surface area (Å²) in [4.78, 5) is 52.8. The average Bonchev–Trinajstić information content (AvgIpc) is 3.36. The number of ether oxygens (including phenoxy) is 2. The molecule has 2 saturated heterocycles. The van der Waals surface area contributed by atoms with E-state index < -0.39 is 53.8 Å². The zero-order chi connectivity index (χ0) is 25.1. The highest BCUT2D eigenvalue weighted by atomic mass is 16.5. The van der Waals surface area contributed by atoms with Crippen LogP contribution in [0.15, 0.2) is 60.7 Å². The molecule has 5 atom stereocenters. The van der Waals surface area contributed by atoms with Crippen LogP contribution in [0.2, 0.25) is 0 Å². The second-order valence-corrected chi connectivity index (χ2v) is 8.61. The Balaban J connectivity index is 1.82. The van der Waals surface area contributed by atoms with Gasteiger partial charge in [-0.25, -0.2) is 9.80 Å². The van der Waals surface area contributed by atoms with Crippen molar-refractivity contribution in [1.29, 1.82) is 0 Å². The van der Waals surface area contributed by atoms with Gasteiger partial charge in [0.25, 0.3) is 11.8 Å². The van der Waals surface area contributed by atoms with Crippen LogP contribution in [0, 0.1) is 5.92 Å². The number of rotatable bonds is 7. The molecular weight excluding hydrogens is 450 g/mol. The quantitative estimate of drug-likeness (QED) is 0.607. The van der Waals surface area contributed by atoms with Crippen molar-refractivity contribution in [2.45, 2.75) is 43.9 Å². The first-order valence-electron chi connectivity index (χ1n) is 11.6. The Bertz CT molecular complexity index is 1090. The van der Waals surface area contributed by atoms with Crippen LogP contribution in [0.1, 0.15) is 41.7 Å². The first-order valence-corrected chi connectivity index (χ1v) is 11.6. The van der Waals surface area contributed by atoms with Crippen LogP contribution in [0.3, 0.4) is 0 Å². The van der Waals surface area contributed by atoms with Gasteiger partial charge in [0, 0.05) is 11.6 Å². The Hall–Kier alpha value is -3.72. The minimum atomic E-state index is -1.19. The summed E-state index contributed by atoms with van der Waals surface area (Å²) < 4.78 is 10.1. The van der Waals surface area contributed by atoms with E-state index in [2.05, 4.69) is 5.32 Å². The van der Waals surface area contributed by atoms with Gasteiger partial charge < -0.3 is 14.8 Å². The maximum absolute atomic E-state index is 13.9. The lowest BCUT2D eigenvalue weighted by Gasteiger charge is -2.32. The number of carbonyl (C=O) groups excluding carboxylic acids is 4. The third kappa shape index (κ3) is 4.27. The number of benzene rings is 2. The van der Waals surface area contributed by atoms with E-state index in [-0.39, 0.29) is 0 Å². The van der Waals surface area contributed by atoms with E-state index in [1.165, 1.54) is 19.2 Å². The number of hydrogen-bond acceptors (Lipinski definition) is 7. The van der Waals surface area contributed by atoms with Gasteiger partial charge in [-0.3, -0.25) is 19.4 Å². The highest BCUT2D eigenvalue weighted by Gasteiger charge is 2.64. The van der Waals surface area contributed by atoms with Gasteiger partial charge in [0.15, 0.2) is 6.04 Å². The van der Waals surface area contributed by atoms with Crippen molar-refractivity contribution in [3.8, 4) is 0 Å². The molecule has 2 aromatic carbocycles. The van der Waals surface area contributed by atoms with Gasteiger partial charge in [-0.05, 0) is 24.1 Å². The molecule has 0 aromatic heterocycles. The van der Waals surface area contributed by atoms with E-state index in [1.54, 1.807) is 35.3 Å². The van der Waals surface area contributed by atoms with Crippen LogP contribution in [-0.2, 0) is 23.9 Å². The van der Waals surface area contributed by atoms with E-state index in [9.17, 15) is 19.2 Å². The van der Waals surface area contributed by atoms with Gasteiger partial charge in [-0.2, -0.15) is 0 Å². The maximum atomic E-state index is 13.9. The summed E-state index contributed by atoms with van der Waals surface area (Å²) in [7, 11) is 2.48. The number of carbonyl (C=O) groups is 4. The van der Waals surface area contributed by atoms with E-state index in [0.717, 1.165) is 5.56 Å².